The maximum absolute atomic E-state index is 12.7. The molecule has 301 valence electrons. The van der Waals surface area contributed by atoms with E-state index in [1.165, 1.54) is 34.4 Å². The highest BCUT2D eigenvalue weighted by Crippen LogP contribution is 2.72. The molecule has 2 fully saturated rings. The Kier molecular flexibility index (Phi) is 12.0. The molecule has 27 nitrogen and oxygen atoms in total. The van der Waals surface area contributed by atoms with Crippen molar-refractivity contribution in [3.05, 3.63) is 25.3 Å². The molecule has 2 aliphatic rings. The SMILES string of the molecule is [B-]P(=O)(OP(=O)(O)CP(=O)(O)OC[C@H]1O[C@@H](n2cnc3c(N)ncnc32)C[C@@H]1O)OP(=O)(O)CP(=O)(O)OC[C@H]1O[C@@H](n2cnc3c(N)ncnc32)C[C@@H]1O. The second-order valence-corrected chi connectivity index (χ2v) is 22.4. The maximum atomic E-state index is 12.7. The van der Waals surface area contributed by atoms with E-state index in [-0.39, 0.29) is 46.8 Å². The van der Waals surface area contributed by atoms with Gasteiger partial charge in [-0.25, -0.2) is 29.9 Å². The van der Waals surface area contributed by atoms with Gasteiger partial charge in [0.15, 0.2) is 34.7 Å². The fourth-order valence-electron chi connectivity index (χ4n) is 5.57. The topological polar surface area (TPSA) is 401 Å². The van der Waals surface area contributed by atoms with E-state index in [0.717, 1.165) is 0 Å². The van der Waals surface area contributed by atoms with Crippen LogP contribution in [0, 0.1) is 0 Å². The van der Waals surface area contributed by atoms with Crippen molar-refractivity contribution >= 4 is 79.4 Å². The Morgan fingerprint density at radius 2 is 1.05 bits per heavy atom. The smallest absolute Gasteiger partial charge is 0.344 e. The average Bonchev–Trinajstić information content (AvgIpc) is 3.82. The van der Waals surface area contributed by atoms with Crippen LogP contribution in [0.25, 0.3) is 22.3 Å². The predicted octanol–water partition coefficient (Wildman–Crippen LogP) is 0.127. The van der Waals surface area contributed by atoms with Crippen LogP contribution >= 0.6 is 37.9 Å². The second kappa shape index (κ2) is 15.6. The van der Waals surface area contributed by atoms with Gasteiger partial charge in [-0.05, 0) is 0 Å². The van der Waals surface area contributed by atoms with Crippen LogP contribution in [0.5, 0.6) is 0 Å². The van der Waals surface area contributed by atoms with Crippen molar-refractivity contribution in [1.82, 2.24) is 39.0 Å². The zero-order valence-electron chi connectivity index (χ0n) is 27.7. The van der Waals surface area contributed by atoms with Crippen LogP contribution in [-0.2, 0) is 50.0 Å². The fraction of sp³-hybridized carbons (Fsp3) is 0.545. The van der Waals surface area contributed by atoms with E-state index in [9.17, 15) is 52.6 Å². The molecule has 2 saturated heterocycles. The molecule has 10 atom stereocenters. The molecule has 10 N–H and O–H groups in total. The first-order chi connectivity index (χ1) is 25.5. The van der Waals surface area contributed by atoms with Crippen LogP contribution in [0.2, 0.25) is 0 Å². The number of nitrogens with two attached hydrogens (primary N) is 2. The predicted molar refractivity (Wildman–Crippen MR) is 185 cm³/mol. The van der Waals surface area contributed by atoms with Crippen LogP contribution in [0.4, 0.5) is 11.6 Å². The molecule has 4 unspecified atom stereocenters. The Morgan fingerprint density at radius 3 is 1.44 bits per heavy atom. The van der Waals surface area contributed by atoms with Crippen molar-refractivity contribution in [3.63, 3.8) is 0 Å². The van der Waals surface area contributed by atoms with Gasteiger partial charge in [-0.1, -0.05) is 0 Å². The van der Waals surface area contributed by atoms with Gasteiger partial charge in [-0.15, -0.1) is 0 Å². The summed E-state index contributed by atoms with van der Waals surface area (Å²) in [6.07, 6.45) is -1.94. The number of aromatic nitrogens is 8. The Hall–Kier alpha value is -2.57. The summed E-state index contributed by atoms with van der Waals surface area (Å²) in [5.41, 5.74) is 12.6. The molecule has 6 heterocycles. The molecule has 0 bridgehead atoms. The summed E-state index contributed by atoms with van der Waals surface area (Å²) in [5, 5.41) is 20.9. The summed E-state index contributed by atoms with van der Waals surface area (Å²) in [5.74, 6) is -3.39. The maximum Gasteiger partial charge on any atom is 0.344 e. The van der Waals surface area contributed by atoms with Crippen LogP contribution in [0.3, 0.4) is 0 Å². The number of hydrogen-bond donors (Lipinski definition) is 8. The number of imidazole rings is 2. The standard InChI is InChI=1S/C22H32BN10O17P5/c23-55(44,49-53(40,41)9-51(36,37)45-3-13-11(34)1-15(47-13)32-7-30-17-19(24)26-5-28-21(17)32)50-54(42,43)10-52(38,39)46-4-14-12(35)2-16(48-14)33-8-31-18-20(25)27-6-29-22(18)33/h5-8,11-16,34-35H,1-4,9-10H2,(H,36,37)(H,38,39)(H,40,41)(H,42,43)(H2,24,26,28)(H2,25,27,29)/q-1/t11-,12-,13+,14+,15+,16+/m0/s1. The van der Waals surface area contributed by atoms with Gasteiger partial charge >= 0.3 is 30.4 Å². The minimum atomic E-state index is -5.61. The summed E-state index contributed by atoms with van der Waals surface area (Å²) in [7, 11) is -21.9. The van der Waals surface area contributed by atoms with Crippen LogP contribution in [-0.4, -0.2) is 126 Å². The van der Waals surface area contributed by atoms with E-state index in [1.807, 2.05) is 0 Å². The third kappa shape index (κ3) is 10.1. The van der Waals surface area contributed by atoms with Crippen molar-refractivity contribution in [3.8, 4) is 0 Å². The average molecular weight is 874 g/mol. The van der Waals surface area contributed by atoms with E-state index in [0.29, 0.717) is 0 Å². The van der Waals surface area contributed by atoms with E-state index < -0.39 is 99.7 Å². The Morgan fingerprint density at radius 1 is 0.673 bits per heavy atom. The lowest BCUT2D eigenvalue weighted by atomic mass is 10.2. The van der Waals surface area contributed by atoms with Gasteiger partial charge in [0.05, 0.1) is 45.6 Å². The lowest BCUT2D eigenvalue weighted by Gasteiger charge is -2.31. The van der Waals surface area contributed by atoms with Crippen molar-refractivity contribution in [1.29, 1.82) is 0 Å². The third-order valence-electron chi connectivity index (χ3n) is 7.88. The summed E-state index contributed by atoms with van der Waals surface area (Å²) < 4.78 is 95.6. The number of hydrogen-bond acceptors (Lipinski definition) is 21. The van der Waals surface area contributed by atoms with Gasteiger partial charge in [0.25, 0.3) is 0 Å². The first-order valence-corrected chi connectivity index (χ1v) is 24.1. The van der Waals surface area contributed by atoms with Crippen molar-refractivity contribution in [2.24, 2.45) is 0 Å². The monoisotopic (exact) mass is 874 g/mol. The highest BCUT2D eigenvalue weighted by molar-refractivity contribution is 7.89. The highest BCUT2D eigenvalue weighted by Gasteiger charge is 2.43. The Balaban J connectivity index is 0.980. The van der Waals surface area contributed by atoms with Gasteiger partial charge < -0.3 is 71.9 Å². The number of rotatable bonds is 16. The molecule has 0 aromatic carbocycles. The Bertz CT molecular complexity index is 2160. The number of nitrogens with zero attached hydrogens (tertiary/aromatic N) is 8. The summed E-state index contributed by atoms with van der Waals surface area (Å²) in [6.45, 7) is -1.62. The second-order valence-electron chi connectivity index (χ2n) is 12.2. The van der Waals surface area contributed by atoms with Gasteiger partial charge in [0.1, 0.15) is 48.4 Å². The summed E-state index contributed by atoms with van der Waals surface area (Å²) >= 11 is 0. The van der Waals surface area contributed by atoms with Crippen LogP contribution in [0.15, 0.2) is 25.3 Å². The van der Waals surface area contributed by atoms with E-state index >= 15 is 0 Å². The molecule has 2 aliphatic heterocycles. The lowest BCUT2D eigenvalue weighted by molar-refractivity contribution is -0.0395. The van der Waals surface area contributed by atoms with Gasteiger partial charge in [0.2, 0.25) is 0 Å². The molecule has 33 heteroatoms. The highest BCUT2D eigenvalue weighted by atomic mass is 31.3. The summed E-state index contributed by atoms with van der Waals surface area (Å²) in [4.78, 5) is 64.7. The number of fused-ring (bicyclic) bond motifs is 2. The molecule has 55 heavy (non-hydrogen) atoms. The molecule has 0 aliphatic carbocycles. The molecule has 3 radical (unpaired) electrons. The van der Waals surface area contributed by atoms with Crippen molar-refractivity contribution in [2.45, 2.75) is 49.7 Å². The molecular formula is C22H32BN10O17P5-. The molecule has 6 rings (SSSR count). The van der Waals surface area contributed by atoms with Crippen LogP contribution in [0.1, 0.15) is 25.3 Å². The number of anilines is 2. The number of aliphatic hydroxyl groups excluding tert-OH is 2. The molecule has 0 spiro atoms. The van der Waals surface area contributed by atoms with E-state index in [2.05, 4.69) is 38.5 Å². The van der Waals surface area contributed by atoms with Gasteiger partial charge in [-0.3, -0.25) is 36.0 Å². The molecular weight excluding hydrogens is 842 g/mol. The van der Waals surface area contributed by atoms with E-state index in [1.54, 1.807) is 0 Å². The fourth-order valence-corrected chi connectivity index (χ4v) is 15.2. The molecule has 0 saturated carbocycles. The number of aliphatic hydroxyl groups is 2. The number of nitrogen functional groups attached to an aromatic ring is 2. The van der Waals surface area contributed by atoms with Crippen molar-refractivity contribution in [2.75, 3.05) is 36.5 Å². The zero-order chi connectivity index (χ0) is 40.1. The van der Waals surface area contributed by atoms with Crippen LogP contribution < -0.4 is 11.5 Å². The van der Waals surface area contributed by atoms with Gasteiger partial charge in [0, 0.05) is 12.8 Å². The van der Waals surface area contributed by atoms with E-state index in [4.69, 9.17) is 37.6 Å². The number of ether oxygens (including phenoxy) is 2. The normalized spacial score (nSPS) is 28.7. The summed E-state index contributed by atoms with van der Waals surface area (Å²) in [6, 6.07) is 0. The lowest BCUT2D eigenvalue weighted by Crippen LogP contribution is -2.26. The molecule has 4 aromatic heterocycles. The first kappa shape index (κ1) is 42.1. The third-order valence-corrected chi connectivity index (χ3v) is 18.6. The Labute approximate surface area is 309 Å². The minimum absolute atomic E-state index is 0.0609. The molecule has 4 aromatic rings. The largest absolute Gasteiger partial charge is 0.443 e. The first-order valence-electron chi connectivity index (χ1n) is 15.4. The van der Waals surface area contributed by atoms with Gasteiger partial charge in [-0.2, -0.15) is 0 Å². The zero-order valence-corrected chi connectivity index (χ0v) is 32.2. The van der Waals surface area contributed by atoms with Crippen molar-refractivity contribution < 1.29 is 79.8 Å². The quantitative estimate of drug-likeness (QED) is 0.0547. The minimum Gasteiger partial charge on any atom is -0.443 e. The molecule has 0 amide bonds.